The fourth-order valence-electron chi connectivity index (χ4n) is 2.02. The molecule has 0 spiro atoms. The van der Waals surface area contributed by atoms with Crippen molar-refractivity contribution in [2.75, 3.05) is 0 Å². The number of hydrogen-bond acceptors (Lipinski definition) is 4. The topological polar surface area (TPSA) is 38.9 Å². The van der Waals surface area contributed by atoms with Crippen LogP contribution in [-0.4, -0.2) is 10.2 Å². The van der Waals surface area contributed by atoms with Crippen LogP contribution < -0.4 is 0 Å². The highest BCUT2D eigenvalue weighted by atomic mass is 32.2. The minimum atomic E-state index is -0.480. The van der Waals surface area contributed by atoms with Gasteiger partial charge >= 0.3 is 0 Å². The number of aryl methyl sites for hydroxylation is 1. The van der Waals surface area contributed by atoms with Crippen molar-refractivity contribution in [2.45, 2.75) is 24.0 Å². The summed E-state index contributed by atoms with van der Waals surface area (Å²) in [4.78, 5) is 0.215. The van der Waals surface area contributed by atoms with Crippen molar-refractivity contribution in [1.82, 2.24) is 10.2 Å². The van der Waals surface area contributed by atoms with E-state index < -0.39 is 11.6 Å². The summed E-state index contributed by atoms with van der Waals surface area (Å²) < 4.78 is 32.6. The molecule has 0 fully saturated rings. The quantitative estimate of drug-likeness (QED) is 0.617. The van der Waals surface area contributed by atoms with Gasteiger partial charge in [0.2, 0.25) is 11.8 Å². The van der Waals surface area contributed by atoms with Gasteiger partial charge in [0, 0.05) is 10.5 Å². The molecule has 0 aliphatic heterocycles. The first kappa shape index (κ1) is 15.7. The molecule has 2 aromatic carbocycles. The van der Waals surface area contributed by atoms with Crippen molar-refractivity contribution < 1.29 is 13.2 Å². The normalized spacial score (nSPS) is 12.3. The van der Waals surface area contributed by atoms with Gasteiger partial charge in [-0.25, -0.2) is 8.78 Å². The van der Waals surface area contributed by atoms with E-state index in [0.717, 1.165) is 41.1 Å². The van der Waals surface area contributed by atoms with Gasteiger partial charge < -0.3 is 4.42 Å². The van der Waals surface area contributed by atoms with Crippen LogP contribution in [0, 0.1) is 18.6 Å². The molecule has 3 rings (SSSR count). The SMILES string of the molecule is Cc1ccc(-c2nnc([C@H](C)Sc3cc(F)ccc3F)o2)cc1. The summed E-state index contributed by atoms with van der Waals surface area (Å²) in [6.07, 6.45) is 0. The monoisotopic (exact) mass is 332 g/mol. The molecule has 1 atom stereocenters. The Morgan fingerprint density at radius 1 is 1.04 bits per heavy atom. The molecule has 1 aromatic heterocycles. The molecule has 6 heteroatoms. The number of rotatable bonds is 4. The minimum absolute atomic E-state index is 0.215. The summed E-state index contributed by atoms with van der Waals surface area (Å²) in [5.41, 5.74) is 1.96. The highest BCUT2D eigenvalue weighted by Crippen LogP contribution is 2.36. The van der Waals surface area contributed by atoms with E-state index in [1.54, 1.807) is 6.92 Å². The molecule has 0 bridgehead atoms. The smallest absolute Gasteiger partial charge is 0.247 e. The van der Waals surface area contributed by atoms with E-state index >= 15 is 0 Å². The average Bonchev–Trinajstić information content (AvgIpc) is 3.02. The second kappa shape index (κ2) is 6.50. The van der Waals surface area contributed by atoms with Crippen molar-refractivity contribution in [3.63, 3.8) is 0 Å². The van der Waals surface area contributed by atoms with Crippen molar-refractivity contribution in [2.24, 2.45) is 0 Å². The number of halogens is 2. The predicted molar refractivity (Wildman–Crippen MR) is 85.1 cm³/mol. The fraction of sp³-hybridized carbons (Fsp3) is 0.176. The Labute approximate surface area is 136 Å². The molecule has 0 radical (unpaired) electrons. The van der Waals surface area contributed by atoms with Gasteiger partial charge in [-0.2, -0.15) is 0 Å². The van der Waals surface area contributed by atoms with Crippen LogP contribution >= 0.6 is 11.8 Å². The highest BCUT2D eigenvalue weighted by molar-refractivity contribution is 7.99. The third kappa shape index (κ3) is 3.59. The molecule has 118 valence electrons. The van der Waals surface area contributed by atoms with Gasteiger partial charge in [0.05, 0.1) is 5.25 Å². The Kier molecular flexibility index (Phi) is 4.43. The lowest BCUT2D eigenvalue weighted by atomic mass is 10.1. The first-order valence-corrected chi connectivity index (χ1v) is 7.93. The summed E-state index contributed by atoms with van der Waals surface area (Å²) >= 11 is 1.14. The first-order chi connectivity index (χ1) is 11.0. The molecule has 3 nitrogen and oxygen atoms in total. The lowest BCUT2D eigenvalue weighted by molar-refractivity contribution is 0.508. The zero-order valence-corrected chi connectivity index (χ0v) is 13.4. The molecule has 1 heterocycles. The Bertz CT molecular complexity index is 818. The molecular weight excluding hydrogens is 318 g/mol. The second-order valence-corrected chi connectivity index (χ2v) is 6.53. The van der Waals surface area contributed by atoms with Gasteiger partial charge in [-0.15, -0.1) is 22.0 Å². The molecule has 0 aliphatic rings. The predicted octanol–water partition coefficient (Wildman–Crippen LogP) is 5.18. The molecular formula is C17H14F2N2OS. The summed E-state index contributed by atoms with van der Waals surface area (Å²) in [6, 6.07) is 11.1. The summed E-state index contributed by atoms with van der Waals surface area (Å²) in [5, 5.41) is 7.74. The van der Waals surface area contributed by atoms with Crippen LogP contribution in [0.15, 0.2) is 51.8 Å². The molecule has 0 amide bonds. The molecule has 0 aliphatic carbocycles. The van der Waals surface area contributed by atoms with E-state index in [-0.39, 0.29) is 10.1 Å². The minimum Gasteiger partial charge on any atom is -0.419 e. The summed E-state index contributed by atoms with van der Waals surface area (Å²) in [5.74, 6) is -0.171. The number of thioether (sulfide) groups is 1. The summed E-state index contributed by atoms with van der Waals surface area (Å²) in [6.45, 7) is 3.80. The Hall–Kier alpha value is -2.21. The maximum Gasteiger partial charge on any atom is 0.247 e. The molecule has 23 heavy (non-hydrogen) atoms. The zero-order valence-electron chi connectivity index (χ0n) is 12.6. The van der Waals surface area contributed by atoms with Gasteiger partial charge in [-0.3, -0.25) is 0 Å². The number of aromatic nitrogens is 2. The maximum absolute atomic E-state index is 13.7. The van der Waals surface area contributed by atoms with E-state index in [0.29, 0.717) is 11.8 Å². The van der Waals surface area contributed by atoms with Crippen LogP contribution in [0.4, 0.5) is 8.78 Å². The standard InChI is InChI=1S/C17H14F2N2OS/c1-10-3-5-12(6-4-10)17-21-20-16(22-17)11(2)23-15-9-13(18)7-8-14(15)19/h3-9,11H,1-2H3/t11-/m0/s1. The summed E-state index contributed by atoms with van der Waals surface area (Å²) in [7, 11) is 0. The van der Waals surface area contributed by atoms with Crippen molar-refractivity contribution in [3.8, 4) is 11.5 Å². The first-order valence-electron chi connectivity index (χ1n) is 7.05. The third-order valence-electron chi connectivity index (χ3n) is 3.28. The van der Waals surface area contributed by atoms with E-state index in [1.165, 1.54) is 0 Å². The molecule has 0 N–H and O–H groups in total. The van der Waals surface area contributed by atoms with E-state index in [1.807, 2.05) is 31.2 Å². The van der Waals surface area contributed by atoms with Gasteiger partial charge in [-0.05, 0) is 44.2 Å². The Morgan fingerprint density at radius 2 is 1.78 bits per heavy atom. The molecule has 0 saturated carbocycles. The van der Waals surface area contributed by atoms with E-state index in [2.05, 4.69) is 10.2 Å². The third-order valence-corrected chi connectivity index (χ3v) is 4.41. The van der Waals surface area contributed by atoms with Crippen molar-refractivity contribution >= 4 is 11.8 Å². The lowest BCUT2D eigenvalue weighted by Crippen LogP contribution is -1.91. The molecule has 0 unspecified atom stereocenters. The van der Waals surface area contributed by atoms with Gasteiger partial charge in [-0.1, -0.05) is 17.7 Å². The van der Waals surface area contributed by atoms with Crippen molar-refractivity contribution in [3.05, 3.63) is 65.6 Å². The average molecular weight is 332 g/mol. The number of nitrogens with zero attached hydrogens (tertiary/aromatic N) is 2. The molecule has 0 saturated heterocycles. The van der Waals surface area contributed by atoms with Crippen molar-refractivity contribution in [1.29, 1.82) is 0 Å². The fourth-order valence-corrected chi connectivity index (χ4v) is 2.96. The van der Waals surface area contributed by atoms with E-state index in [9.17, 15) is 8.78 Å². The van der Waals surface area contributed by atoms with Crippen LogP contribution in [-0.2, 0) is 0 Å². The lowest BCUT2D eigenvalue weighted by Gasteiger charge is -2.07. The van der Waals surface area contributed by atoms with Crippen LogP contribution in [0.1, 0.15) is 23.6 Å². The zero-order chi connectivity index (χ0) is 16.4. The Morgan fingerprint density at radius 3 is 2.52 bits per heavy atom. The highest BCUT2D eigenvalue weighted by Gasteiger charge is 2.18. The van der Waals surface area contributed by atoms with Gasteiger partial charge in [0.25, 0.3) is 0 Å². The van der Waals surface area contributed by atoms with Gasteiger partial charge in [0.1, 0.15) is 11.6 Å². The van der Waals surface area contributed by atoms with Gasteiger partial charge in [0.15, 0.2) is 0 Å². The van der Waals surface area contributed by atoms with Crippen LogP contribution in [0.25, 0.3) is 11.5 Å². The van der Waals surface area contributed by atoms with Crippen LogP contribution in [0.5, 0.6) is 0 Å². The number of benzene rings is 2. The largest absolute Gasteiger partial charge is 0.419 e. The van der Waals surface area contributed by atoms with Crippen LogP contribution in [0.3, 0.4) is 0 Å². The Balaban J connectivity index is 1.79. The molecule has 3 aromatic rings. The maximum atomic E-state index is 13.7. The van der Waals surface area contributed by atoms with Crippen LogP contribution in [0.2, 0.25) is 0 Å². The number of hydrogen-bond donors (Lipinski definition) is 0. The van der Waals surface area contributed by atoms with E-state index in [4.69, 9.17) is 4.42 Å². The second-order valence-electron chi connectivity index (χ2n) is 5.15.